The molecule has 2 aromatic rings. The van der Waals surface area contributed by atoms with Gasteiger partial charge in [0.2, 0.25) is 15.9 Å². The lowest BCUT2D eigenvalue weighted by molar-refractivity contribution is -0.123. The van der Waals surface area contributed by atoms with Gasteiger partial charge < -0.3 is 10.4 Å². The SMILES string of the molecule is O=C(CN1CCN(CCO)CC1)NC1CCN(S(=O)(=O)c2cccc3cncc(Cl)c23)C1. The Morgan fingerprint density at radius 2 is 1.91 bits per heavy atom. The minimum atomic E-state index is -3.76. The fourth-order valence-corrected chi connectivity index (χ4v) is 6.43. The van der Waals surface area contributed by atoms with Crippen LogP contribution in [0.25, 0.3) is 10.8 Å². The van der Waals surface area contributed by atoms with Crippen LogP contribution in [-0.2, 0) is 14.8 Å². The molecule has 1 amide bonds. The molecule has 0 aliphatic carbocycles. The molecule has 3 heterocycles. The number of benzene rings is 1. The minimum absolute atomic E-state index is 0.0934. The van der Waals surface area contributed by atoms with Gasteiger partial charge in [-0.05, 0) is 12.5 Å². The number of aliphatic hydroxyl groups is 1. The summed E-state index contributed by atoms with van der Waals surface area (Å²) in [7, 11) is -3.76. The van der Waals surface area contributed by atoms with Gasteiger partial charge in [0.25, 0.3) is 0 Å². The van der Waals surface area contributed by atoms with Gasteiger partial charge >= 0.3 is 0 Å². The summed E-state index contributed by atoms with van der Waals surface area (Å²) in [6, 6.07) is 4.80. The first-order chi connectivity index (χ1) is 15.4. The molecule has 2 aliphatic rings. The zero-order valence-corrected chi connectivity index (χ0v) is 19.4. The number of fused-ring (bicyclic) bond motifs is 1. The Balaban J connectivity index is 1.36. The van der Waals surface area contributed by atoms with Crippen molar-refractivity contribution in [2.45, 2.75) is 17.4 Å². The van der Waals surface area contributed by atoms with Crippen LogP contribution in [0.1, 0.15) is 6.42 Å². The first-order valence-electron chi connectivity index (χ1n) is 10.8. The summed E-state index contributed by atoms with van der Waals surface area (Å²) in [4.78, 5) is 21.0. The van der Waals surface area contributed by atoms with Crippen LogP contribution in [0.4, 0.5) is 0 Å². The predicted molar refractivity (Wildman–Crippen MR) is 122 cm³/mol. The molecule has 2 saturated heterocycles. The van der Waals surface area contributed by atoms with Crippen LogP contribution in [0.2, 0.25) is 5.02 Å². The normalized spacial score (nSPS) is 21.2. The summed E-state index contributed by atoms with van der Waals surface area (Å²) >= 11 is 6.27. The summed E-state index contributed by atoms with van der Waals surface area (Å²) in [5.74, 6) is -0.0934. The number of pyridine rings is 1. The number of amides is 1. The molecule has 11 heteroatoms. The van der Waals surface area contributed by atoms with Gasteiger partial charge in [-0.3, -0.25) is 19.6 Å². The number of β-amino-alcohol motifs (C(OH)–C–C–N with tert-alkyl or cyclic N) is 1. The van der Waals surface area contributed by atoms with Crippen molar-refractivity contribution in [1.82, 2.24) is 24.4 Å². The van der Waals surface area contributed by atoms with Crippen LogP contribution in [0, 0.1) is 0 Å². The molecular formula is C21H28ClN5O4S. The molecule has 32 heavy (non-hydrogen) atoms. The number of sulfonamides is 1. The fourth-order valence-electron chi connectivity index (χ4n) is 4.37. The van der Waals surface area contributed by atoms with E-state index in [0.29, 0.717) is 41.9 Å². The van der Waals surface area contributed by atoms with Crippen LogP contribution >= 0.6 is 11.6 Å². The third-order valence-corrected chi connectivity index (χ3v) is 8.28. The van der Waals surface area contributed by atoms with Gasteiger partial charge in [0, 0.05) is 75.0 Å². The number of halogens is 1. The molecule has 0 spiro atoms. The van der Waals surface area contributed by atoms with Crippen molar-refractivity contribution in [3.63, 3.8) is 0 Å². The van der Waals surface area contributed by atoms with Gasteiger partial charge in [0.15, 0.2) is 0 Å². The number of aliphatic hydroxyl groups excluding tert-OH is 1. The van der Waals surface area contributed by atoms with E-state index in [1.165, 1.54) is 10.5 Å². The Morgan fingerprint density at radius 3 is 2.66 bits per heavy atom. The summed E-state index contributed by atoms with van der Waals surface area (Å²) in [5.41, 5.74) is 0. The van der Waals surface area contributed by atoms with E-state index in [-0.39, 0.29) is 30.0 Å². The topological polar surface area (TPSA) is 106 Å². The van der Waals surface area contributed by atoms with Gasteiger partial charge in [0.05, 0.1) is 23.1 Å². The molecule has 2 N–H and O–H groups in total. The molecule has 1 atom stereocenters. The average molecular weight is 482 g/mol. The number of nitrogens with one attached hydrogen (secondary N) is 1. The number of hydrogen-bond acceptors (Lipinski definition) is 7. The monoisotopic (exact) mass is 481 g/mol. The second-order valence-electron chi connectivity index (χ2n) is 8.23. The molecule has 4 rings (SSSR count). The summed E-state index contributed by atoms with van der Waals surface area (Å²) in [6.07, 6.45) is 3.60. The van der Waals surface area contributed by atoms with E-state index in [1.807, 2.05) is 0 Å². The maximum Gasteiger partial charge on any atom is 0.243 e. The fraction of sp³-hybridized carbons (Fsp3) is 0.524. The third kappa shape index (κ3) is 5.05. The first-order valence-corrected chi connectivity index (χ1v) is 12.6. The van der Waals surface area contributed by atoms with Crippen molar-refractivity contribution < 1.29 is 18.3 Å². The second-order valence-corrected chi connectivity index (χ2v) is 10.5. The van der Waals surface area contributed by atoms with Crippen LogP contribution in [0.15, 0.2) is 35.5 Å². The number of nitrogens with zero attached hydrogens (tertiary/aromatic N) is 4. The van der Waals surface area contributed by atoms with E-state index >= 15 is 0 Å². The predicted octanol–water partition coefficient (Wildman–Crippen LogP) is 0.377. The Hall–Kier alpha value is -1.82. The van der Waals surface area contributed by atoms with Gasteiger partial charge in [-0.25, -0.2) is 8.42 Å². The van der Waals surface area contributed by atoms with Crippen LogP contribution in [0.5, 0.6) is 0 Å². The third-order valence-electron chi connectivity index (χ3n) is 6.08. The average Bonchev–Trinajstić information content (AvgIpc) is 3.24. The second kappa shape index (κ2) is 9.98. The quantitative estimate of drug-likeness (QED) is 0.588. The highest BCUT2D eigenvalue weighted by Crippen LogP contribution is 2.32. The number of rotatable bonds is 7. The highest BCUT2D eigenvalue weighted by Gasteiger charge is 2.34. The van der Waals surface area contributed by atoms with E-state index in [1.54, 1.807) is 24.4 Å². The van der Waals surface area contributed by atoms with Crippen molar-refractivity contribution in [2.75, 3.05) is 59.0 Å². The minimum Gasteiger partial charge on any atom is -0.395 e. The first kappa shape index (κ1) is 23.3. The lowest BCUT2D eigenvalue weighted by atomic mass is 10.2. The van der Waals surface area contributed by atoms with Crippen molar-refractivity contribution in [3.8, 4) is 0 Å². The molecule has 1 unspecified atom stereocenters. The molecule has 174 valence electrons. The molecule has 1 aromatic heterocycles. The van der Waals surface area contributed by atoms with E-state index in [2.05, 4.69) is 20.1 Å². The maximum atomic E-state index is 13.3. The van der Waals surface area contributed by atoms with E-state index in [0.717, 1.165) is 26.2 Å². The van der Waals surface area contributed by atoms with Gasteiger partial charge in [-0.1, -0.05) is 23.7 Å². The zero-order valence-electron chi connectivity index (χ0n) is 17.8. The summed E-state index contributed by atoms with van der Waals surface area (Å²) < 4.78 is 28.1. The van der Waals surface area contributed by atoms with Crippen LogP contribution in [0.3, 0.4) is 0 Å². The molecule has 0 saturated carbocycles. The summed E-state index contributed by atoms with van der Waals surface area (Å²) in [6.45, 7) is 4.86. The van der Waals surface area contributed by atoms with Crippen LogP contribution in [-0.4, -0.2) is 104 Å². The number of carbonyl (C=O) groups excluding carboxylic acids is 1. The maximum absolute atomic E-state index is 13.3. The highest BCUT2D eigenvalue weighted by atomic mass is 35.5. The van der Waals surface area contributed by atoms with E-state index < -0.39 is 10.0 Å². The molecule has 0 radical (unpaired) electrons. The Labute approximate surface area is 193 Å². The van der Waals surface area contributed by atoms with Crippen LogP contribution < -0.4 is 5.32 Å². The standard InChI is InChI=1S/C21H28ClN5O4S/c22-18-13-23-12-16-2-1-3-19(21(16)18)32(30,31)27-5-4-17(14-27)24-20(29)15-26-8-6-25(7-9-26)10-11-28/h1-3,12-13,17,28H,4-11,14-15H2,(H,24,29). The van der Waals surface area contributed by atoms with Crippen molar-refractivity contribution in [1.29, 1.82) is 0 Å². The molecular weight excluding hydrogens is 454 g/mol. The van der Waals surface area contributed by atoms with Gasteiger partial charge in [0.1, 0.15) is 0 Å². The zero-order chi connectivity index (χ0) is 22.7. The number of aromatic nitrogens is 1. The van der Waals surface area contributed by atoms with E-state index in [4.69, 9.17) is 16.7 Å². The summed E-state index contributed by atoms with van der Waals surface area (Å²) in [5, 5.41) is 13.5. The van der Waals surface area contributed by atoms with Crippen molar-refractivity contribution in [3.05, 3.63) is 35.6 Å². The number of hydrogen-bond donors (Lipinski definition) is 2. The van der Waals surface area contributed by atoms with Crippen molar-refractivity contribution >= 4 is 38.3 Å². The van der Waals surface area contributed by atoms with Gasteiger partial charge in [-0.2, -0.15) is 4.31 Å². The number of carbonyl (C=O) groups is 1. The molecule has 1 aromatic carbocycles. The molecule has 2 fully saturated rings. The Kier molecular flexibility index (Phi) is 7.28. The Morgan fingerprint density at radius 1 is 1.16 bits per heavy atom. The molecule has 0 bridgehead atoms. The Bertz CT molecular complexity index is 1070. The van der Waals surface area contributed by atoms with E-state index in [9.17, 15) is 13.2 Å². The molecule has 2 aliphatic heterocycles. The lowest BCUT2D eigenvalue weighted by Gasteiger charge is -2.34. The van der Waals surface area contributed by atoms with Gasteiger partial charge in [-0.15, -0.1) is 0 Å². The smallest absolute Gasteiger partial charge is 0.243 e. The lowest BCUT2D eigenvalue weighted by Crippen LogP contribution is -2.51. The highest BCUT2D eigenvalue weighted by molar-refractivity contribution is 7.89. The molecule has 9 nitrogen and oxygen atoms in total. The largest absolute Gasteiger partial charge is 0.395 e. The van der Waals surface area contributed by atoms with Crippen molar-refractivity contribution in [2.24, 2.45) is 0 Å². The number of piperazine rings is 1.